The van der Waals surface area contributed by atoms with Crippen LogP contribution in [0.3, 0.4) is 0 Å². The lowest BCUT2D eigenvalue weighted by atomic mass is 9.97. The maximum Gasteiger partial charge on any atom is 0.416 e. The molecule has 0 unspecified atom stereocenters. The Labute approximate surface area is 102 Å². The average molecular weight is 265 g/mol. The summed E-state index contributed by atoms with van der Waals surface area (Å²) in [5.74, 6) is -1.01. The molecule has 1 aromatic carbocycles. The van der Waals surface area contributed by atoms with Crippen LogP contribution in [0.2, 0.25) is 0 Å². The maximum absolute atomic E-state index is 13.1. The molecule has 0 aliphatic heterocycles. The van der Waals surface area contributed by atoms with E-state index in [1.54, 1.807) is 0 Å². The minimum atomic E-state index is -4.63. The summed E-state index contributed by atoms with van der Waals surface area (Å²) < 4.78 is 50.6. The van der Waals surface area contributed by atoms with E-state index in [2.05, 4.69) is 0 Å². The third kappa shape index (κ3) is 3.68. The number of alkyl halides is 3. The Kier molecular flexibility index (Phi) is 4.70. The SMILES string of the molecule is CCC[C@@H](O)[C@@H](N)c1cc(F)cc(C(F)(F)F)c1. The van der Waals surface area contributed by atoms with Crippen LogP contribution in [0.5, 0.6) is 0 Å². The van der Waals surface area contributed by atoms with E-state index < -0.39 is 29.7 Å². The predicted octanol–water partition coefficient (Wildman–Crippen LogP) is 3.01. The van der Waals surface area contributed by atoms with Gasteiger partial charge in [0.25, 0.3) is 0 Å². The first-order chi connectivity index (χ1) is 8.25. The Bertz CT molecular complexity index is 406. The third-order valence-corrected chi connectivity index (χ3v) is 2.63. The van der Waals surface area contributed by atoms with Gasteiger partial charge in [-0.05, 0) is 30.2 Å². The highest BCUT2D eigenvalue weighted by molar-refractivity contribution is 5.29. The lowest BCUT2D eigenvalue weighted by Gasteiger charge is -2.20. The van der Waals surface area contributed by atoms with Crippen LogP contribution in [-0.2, 0) is 6.18 Å². The zero-order chi connectivity index (χ0) is 13.9. The molecule has 0 spiro atoms. The van der Waals surface area contributed by atoms with Gasteiger partial charge in [0.1, 0.15) is 5.82 Å². The molecule has 0 saturated carbocycles. The normalized spacial score (nSPS) is 15.5. The van der Waals surface area contributed by atoms with Crippen LogP contribution in [0, 0.1) is 5.82 Å². The summed E-state index contributed by atoms with van der Waals surface area (Å²) in [6.45, 7) is 1.81. The zero-order valence-corrected chi connectivity index (χ0v) is 9.84. The molecule has 1 rings (SSSR count). The lowest BCUT2D eigenvalue weighted by Crippen LogP contribution is -2.26. The Hall–Kier alpha value is -1.14. The quantitative estimate of drug-likeness (QED) is 0.822. The predicted molar refractivity (Wildman–Crippen MR) is 59.2 cm³/mol. The van der Waals surface area contributed by atoms with Crippen molar-refractivity contribution in [2.45, 2.75) is 38.1 Å². The lowest BCUT2D eigenvalue weighted by molar-refractivity contribution is -0.137. The fraction of sp³-hybridized carbons (Fsp3) is 0.500. The Balaban J connectivity index is 3.06. The van der Waals surface area contributed by atoms with Gasteiger partial charge in [0.05, 0.1) is 17.7 Å². The van der Waals surface area contributed by atoms with Crippen molar-refractivity contribution in [2.75, 3.05) is 0 Å². The van der Waals surface area contributed by atoms with E-state index in [1.165, 1.54) is 0 Å². The second-order valence-electron chi connectivity index (χ2n) is 4.15. The third-order valence-electron chi connectivity index (χ3n) is 2.63. The number of halogens is 4. The van der Waals surface area contributed by atoms with Gasteiger partial charge >= 0.3 is 6.18 Å². The van der Waals surface area contributed by atoms with Crippen molar-refractivity contribution in [1.82, 2.24) is 0 Å². The number of aliphatic hydroxyl groups is 1. The zero-order valence-electron chi connectivity index (χ0n) is 9.84. The standard InChI is InChI=1S/C12H15F4NO/c1-2-3-10(18)11(17)7-4-8(12(14,15)16)6-9(13)5-7/h4-6,10-11,18H,2-3,17H2,1H3/t10-,11+/m1/s1. The topological polar surface area (TPSA) is 46.2 Å². The molecular formula is C12H15F4NO. The minimum Gasteiger partial charge on any atom is -0.391 e. The van der Waals surface area contributed by atoms with E-state index >= 15 is 0 Å². The van der Waals surface area contributed by atoms with Crippen molar-refractivity contribution in [1.29, 1.82) is 0 Å². The molecule has 2 atom stereocenters. The smallest absolute Gasteiger partial charge is 0.391 e. The van der Waals surface area contributed by atoms with Gasteiger partial charge in [-0.15, -0.1) is 0 Å². The second-order valence-corrected chi connectivity index (χ2v) is 4.15. The number of benzene rings is 1. The molecule has 0 saturated heterocycles. The van der Waals surface area contributed by atoms with Crippen LogP contribution in [0.1, 0.15) is 36.9 Å². The molecule has 0 aromatic heterocycles. The highest BCUT2D eigenvalue weighted by Crippen LogP contribution is 2.32. The minimum absolute atomic E-state index is 0.0525. The van der Waals surface area contributed by atoms with Crippen LogP contribution in [-0.4, -0.2) is 11.2 Å². The number of hydrogen-bond acceptors (Lipinski definition) is 2. The van der Waals surface area contributed by atoms with Crippen LogP contribution in [0.25, 0.3) is 0 Å². The summed E-state index contributed by atoms with van der Waals surface area (Å²) >= 11 is 0. The van der Waals surface area contributed by atoms with Crippen LogP contribution in [0.4, 0.5) is 17.6 Å². The molecule has 6 heteroatoms. The first-order valence-corrected chi connectivity index (χ1v) is 5.57. The van der Waals surface area contributed by atoms with Crippen molar-refractivity contribution >= 4 is 0 Å². The summed E-state index contributed by atoms with van der Waals surface area (Å²) in [7, 11) is 0. The van der Waals surface area contributed by atoms with E-state index in [9.17, 15) is 22.7 Å². The summed E-state index contributed by atoms with van der Waals surface area (Å²) in [6, 6.07) is 1.06. The Morgan fingerprint density at radius 1 is 1.28 bits per heavy atom. The summed E-state index contributed by atoms with van der Waals surface area (Å²) in [4.78, 5) is 0. The molecular weight excluding hydrogens is 250 g/mol. The van der Waals surface area contributed by atoms with Gasteiger partial charge < -0.3 is 10.8 Å². The van der Waals surface area contributed by atoms with E-state index in [-0.39, 0.29) is 5.56 Å². The molecule has 0 heterocycles. The number of hydrogen-bond donors (Lipinski definition) is 2. The molecule has 0 bridgehead atoms. The van der Waals surface area contributed by atoms with Gasteiger partial charge in [0.15, 0.2) is 0 Å². The largest absolute Gasteiger partial charge is 0.416 e. The first-order valence-electron chi connectivity index (χ1n) is 5.57. The van der Waals surface area contributed by atoms with Gasteiger partial charge in [0, 0.05) is 0 Å². The van der Waals surface area contributed by atoms with Crippen molar-refractivity contribution in [2.24, 2.45) is 5.73 Å². The van der Waals surface area contributed by atoms with Gasteiger partial charge in [-0.3, -0.25) is 0 Å². The van der Waals surface area contributed by atoms with E-state index in [0.29, 0.717) is 18.9 Å². The number of rotatable bonds is 4. The van der Waals surface area contributed by atoms with Crippen molar-refractivity contribution in [3.05, 3.63) is 35.1 Å². The van der Waals surface area contributed by atoms with Gasteiger partial charge in [0.2, 0.25) is 0 Å². The van der Waals surface area contributed by atoms with Crippen LogP contribution >= 0.6 is 0 Å². The van der Waals surface area contributed by atoms with Gasteiger partial charge in [-0.25, -0.2) is 4.39 Å². The van der Waals surface area contributed by atoms with Crippen LogP contribution in [0.15, 0.2) is 18.2 Å². The average Bonchev–Trinajstić information content (AvgIpc) is 2.26. The van der Waals surface area contributed by atoms with E-state index in [1.807, 2.05) is 6.92 Å². The molecule has 2 nitrogen and oxygen atoms in total. The molecule has 18 heavy (non-hydrogen) atoms. The van der Waals surface area contributed by atoms with E-state index in [0.717, 1.165) is 12.1 Å². The number of aliphatic hydroxyl groups excluding tert-OH is 1. The highest BCUT2D eigenvalue weighted by Gasteiger charge is 2.32. The highest BCUT2D eigenvalue weighted by atomic mass is 19.4. The summed E-state index contributed by atoms with van der Waals surface area (Å²) in [6.07, 6.45) is -4.64. The monoisotopic (exact) mass is 265 g/mol. The van der Waals surface area contributed by atoms with E-state index in [4.69, 9.17) is 5.73 Å². The molecule has 0 radical (unpaired) electrons. The fourth-order valence-corrected chi connectivity index (χ4v) is 1.67. The molecule has 0 aliphatic rings. The molecule has 102 valence electrons. The second kappa shape index (κ2) is 5.67. The molecule has 0 fully saturated rings. The van der Waals surface area contributed by atoms with Gasteiger partial charge in [-0.2, -0.15) is 13.2 Å². The molecule has 1 aromatic rings. The Morgan fingerprint density at radius 3 is 2.39 bits per heavy atom. The van der Waals surface area contributed by atoms with Crippen molar-refractivity contribution in [3.8, 4) is 0 Å². The van der Waals surface area contributed by atoms with Crippen molar-refractivity contribution < 1.29 is 22.7 Å². The summed E-state index contributed by atoms with van der Waals surface area (Å²) in [5.41, 5.74) is 4.47. The summed E-state index contributed by atoms with van der Waals surface area (Å²) in [5, 5.41) is 9.63. The van der Waals surface area contributed by atoms with Crippen molar-refractivity contribution in [3.63, 3.8) is 0 Å². The fourth-order valence-electron chi connectivity index (χ4n) is 1.67. The maximum atomic E-state index is 13.1. The molecule has 0 aliphatic carbocycles. The first kappa shape index (κ1) is 14.9. The molecule has 0 amide bonds. The number of nitrogens with two attached hydrogens (primary N) is 1. The Morgan fingerprint density at radius 2 is 1.89 bits per heavy atom. The molecule has 3 N–H and O–H groups in total. The van der Waals surface area contributed by atoms with Crippen LogP contribution < -0.4 is 5.73 Å². The van der Waals surface area contributed by atoms with Gasteiger partial charge in [-0.1, -0.05) is 13.3 Å².